The minimum absolute atomic E-state index is 0.0692. The molecule has 1 aromatic rings. The summed E-state index contributed by atoms with van der Waals surface area (Å²) in [5.41, 5.74) is 0.0520. The van der Waals surface area contributed by atoms with Gasteiger partial charge in [-0.1, -0.05) is 12.1 Å². The normalized spacial score (nSPS) is 9.84. The SMILES string of the molecule is COC(=O)C(Nc1ccccc1C(=O)O)C(=O)OC. The number of benzene rings is 1. The largest absolute Gasteiger partial charge is 0.478 e. The van der Waals surface area contributed by atoms with Gasteiger partial charge in [0.25, 0.3) is 0 Å². The molecule has 0 aliphatic heterocycles. The molecule has 1 rings (SSSR count). The predicted molar refractivity (Wildman–Crippen MR) is 64.8 cm³/mol. The first-order chi connectivity index (χ1) is 9.01. The van der Waals surface area contributed by atoms with Crippen molar-refractivity contribution in [2.75, 3.05) is 19.5 Å². The summed E-state index contributed by atoms with van der Waals surface area (Å²) >= 11 is 0. The van der Waals surface area contributed by atoms with E-state index in [0.29, 0.717) is 0 Å². The van der Waals surface area contributed by atoms with Crippen molar-refractivity contribution in [2.24, 2.45) is 0 Å². The van der Waals surface area contributed by atoms with Gasteiger partial charge in [-0.2, -0.15) is 0 Å². The summed E-state index contributed by atoms with van der Waals surface area (Å²) < 4.78 is 8.92. The Morgan fingerprint density at radius 3 is 2.11 bits per heavy atom. The third-order valence-electron chi connectivity index (χ3n) is 2.33. The Bertz CT molecular complexity index is 483. The number of esters is 2. The highest BCUT2D eigenvalue weighted by atomic mass is 16.5. The van der Waals surface area contributed by atoms with E-state index in [9.17, 15) is 14.4 Å². The molecule has 7 heteroatoms. The second-order valence-electron chi connectivity index (χ2n) is 3.47. The Labute approximate surface area is 109 Å². The second-order valence-corrected chi connectivity index (χ2v) is 3.47. The maximum atomic E-state index is 11.5. The number of carboxylic acids is 1. The van der Waals surface area contributed by atoms with Crippen molar-refractivity contribution >= 4 is 23.6 Å². The van der Waals surface area contributed by atoms with Gasteiger partial charge in [-0.3, -0.25) is 0 Å². The van der Waals surface area contributed by atoms with Crippen molar-refractivity contribution in [3.63, 3.8) is 0 Å². The molecule has 0 amide bonds. The maximum absolute atomic E-state index is 11.5. The summed E-state index contributed by atoms with van der Waals surface area (Å²) in [5.74, 6) is -2.92. The average molecular weight is 267 g/mol. The number of anilines is 1. The standard InChI is InChI=1S/C12H13NO6/c1-18-11(16)9(12(17)19-2)13-8-6-4-3-5-7(8)10(14)15/h3-6,9,13H,1-2H3,(H,14,15). The van der Waals surface area contributed by atoms with E-state index in [1.807, 2.05) is 0 Å². The summed E-state index contributed by atoms with van der Waals surface area (Å²) in [4.78, 5) is 33.9. The van der Waals surface area contributed by atoms with Crippen LogP contribution in [0.15, 0.2) is 24.3 Å². The van der Waals surface area contributed by atoms with Gasteiger partial charge in [-0.25, -0.2) is 14.4 Å². The molecule has 0 saturated heterocycles. The molecule has 0 fully saturated rings. The highest BCUT2D eigenvalue weighted by molar-refractivity contribution is 6.03. The zero-order chi connectivity index (χ0) is 14.4. The number of carbonyl (C=O) groups is 3. The second kappa shape index (κ2) is 6.39. The van der Waals surface area contributed by atoms with Crippen molar-refractivity contribution in [1.82, 2.24) is 0 Å². The molecular weight excluding hydrogens is 254 g/mol. The molecule has 0 atom stereocenters. The summed E-state index contributed by atoms with van der Waals surface area (Å²) in [7, 11) is 2.23. The zero-order valence-corrected chi connectivity index (χ0v) is 10.4. The van der Waals surface area contributed by atoms with E-state index < -0.39 is 23.9 Å². The van der Waals surface area contributed by atoms with Gasteiger partial charge in [0.15, 0.2) is 0 Å². The van der Waals surface area contributed by atoms with E-state index in [-0.39, 0.29) is 11.3 Å². The molecule has 7 nitrogen and oxygen atoms in total. The van der Waals surface area contributed by atoms with Crippen LogP contribution in [0.4, 0.5) is 5.69 Å². The number of aromatic carboxylic acids is 1. The molecule has 19 heavy (non-hydrogen) atoms. The third kappa shape index (κ3) is 3.44. The van der Waals surface area contributed by atoms with E-state index in [4.69, 9.17) is 5.11 Å². The number of ether oxygens (including phenoxy) is 2. The van der Waals surface area contributed by atoms with Crippen LogP contribution in [0.1, 0.15) is 10.4 Å². The Kier molecular flexibility index (Phi) is 4.87. The summed E-state index contributed by atoms with van der Waals surface area (Å²) in [5, 5.41) is 11.5. The summed E-state index contributed by atoms with van der Waals surface area (Å²) in [6.07, 6.45) is 0. The van der Waals surface area contributed by atoms with Gasteiger partial charge in [0.1, 0.15) is 0 Å². The molecule has 1 aromatic carbocycles. The minimum Gasteiger partial charge on any atom is -0.478 e. The van der Waals surface area contributed by atoms with Crippen LogP contribution >= 0.6 is 0 Å². The predicted octanol–water partition coefficient (Wildman–Crippen LogP) is 0.511. The minimum atomic E-state index is -1.42. The van der Waals surface area contributed by atoms with Crippen LogP contribution in [0.25, 0.3) is 0 Å². The van der Waals surface area contributed by atoms with Crippen molar-refractivity contribution in [3.05, 3.63) is 29.8 Å². The zero-order valence-electron chi connectivity index (χ0n) is 10.4. The van der Waals surface area contributed by atoms with E-state index in [0.717, 1.165) is 14.2 Å². The molecule has 0 radical (unpaired) electrons. The first-order valence-electron chi connectivity index (χ1n) is 5.25. The lowest BCUT2D eigenvalue weighted by Crippen LogP contribution is -2.39. The third-order valence-corrected chi connectivity index (χ3v) is 2.33. The first kappa shape index (κ1) is 14.5. The summed E-state index contributed by atoms with van der Waals surface area (Å²) in [6.45, 7) is 0. The van der Waals surface area contributed by atoms with Crippen LogP contribution < -0.4 is 5.32 Å². The number of hydrogen-bond acceptors (Lipinski definition) is 6. The van der Waals surface area contributed by atoms with Crippen molar-refractivity contribution in [1.29, 1.82) is 0 Å². The smallest absolute Gasteiger partial charge is 0.340 e. The highest BCUT2D eigenvalue weighted by Crippen LogP contribution is 2.16. The van der Waals surface area contributed by atoms with Crippen LogP contribution in [0, 0.1) is 0 Å². The van der Waals surface area contributed by atoms with Crippen molar-refractivity contribution in [2.45, 2.75) is 6.04 Å². The lowest BCUT2D eigenvalue weighted by atomic mass is 10.1. The van der Waals surface area contributed by atoms with Gasteiger partial charge in [0.05, 0.1) is 19.8 Å². The van der Waals surface area contributed by atoms with Crippen LogP contribution in [-0.4, -0.2) is 43.3 Å². The number of hydrogen-bond donors (Lipinski definition) is 2. The van der Waals surface area contributed by atoms with Gasteiger partial charge >= 0.3 is 17.9 Å². The maximum Gasteiger partial charge on any atom is 0.340 e. The quantitative estimate of drug-likeness (QED) is 0.592. The molecule has 0 aliphatic rings. The average Bonchev–Trinajstić information content (AvgIpc) is 2.43. The number of rotatable bonds is 5. The van der Waals surface area contributed by atoms with Gasteiger partial charge in [0.2, 0.25) is 6.04 Å². The molecule has 0 saturated carbocycles. The van der Waals surface area contributed by atoms with Crippen LogP contribution in [0.3, 0.4) is 0 Å². The first-order valence-corrected chi connectivity index (χ1v) is 5.25. The number of nitrogens with one attached hydrogen (secondary N) is 1. The van der Waals surface area contributed by atoms with E-state index in [1.54, 1.807) is 6.07 Å². The Hall–Kier alpha value is -2.57. The van der Waals surface area contributed by atoms with Crippen LogP contribution in [0.5, 0.6) is 0 Å². The molecular formula is C12H13NO6. The molecule has 0 aromatic heterocycles. The molecule has 0 heterocycles. The highest BCUT2D eigenvalue weighted by Gasteiger charge is 2.29. The molecule has 0 bridgehead atoms. The Morgan fingerprint density at radius 2 is 1.63 bits per heavy atom. The summed E-state index contributed by atoms with van der Waals surface area (Å²) in [6, 6.07) is 4.45. The topological polar surface area (TPSA) is 102 Å². The fourth-order valence-corrected chi connectivity index (χ4v) is 1.40. The fraction of sp³-hybridized carbons (Fsp3) is 0.250. The Morgan fingerprint density at radius 1 is 1.11 bits per heavy atom. The fourth-order valence-electron chi connectivity index (χ4n) is 1.40. The van der Waals surface area contributed by atoms with Gasteiger partial charge in [0, 0.05) is 5.69 Å². The van der Waals surface area contributed by atoms with Gasteiger partial charge in [-0.15, -0.1) is 0 Å². The molecule has 0 aliphatic carbocycles. The van der Waals surface area contributed by atoms with E-state index in [2.05, 4.69) is 14.8 Å². The van der Waals surface area contributed by atoms with Gasteiger partial charge in [-0.05, 0) is 12.1 Å². The molecule has 0 spiro atoms. The lowest BCUT2D eigenvalue weighted by Gasteiger charge is -2.16. The van der Waals surface area contributed by atoms with Crippen LogP contribution in [-0.2, 0) is 19.1 Å². The van der Waals surface area contributed by atoms with E-state index in [1.165, 1.54) is 18.2 Å². The van der Waals surface area contributed by atoms with Crippen molar-refractivity contribution in [3.8, 4) is 0 Å². The molecule has 102 valence electrons. The van der Waals surface area contributed by atoms with Crippen molar-refractivity contribution < 1.29 is 29.0 Å². The lowest BCUT2D eigenvalue weighted by molar-refractivity contribution is -0.152. The Balaban J connectivity index is 3.06. The number of methoxy groups -OCH3 is 2. The van der Waals surface area contributed by atoms with Gasteiger partial charge < -0.3 is 19.9 Å². The monoisotopic (exact) mass is 267 g/mol. The molecule has 0 unspecified atom stereocenters. The number of carboxylic acid groups (broad SMARTS) is 1. The number of para-hydroxylation sites is 1. The van der Waals surface area contributed by atoms with E-state index >= 15 is 0 Å². The van der Waals surface area contributed by atoms with Crippen LogP contribution in [0.2, 0.25) is 0 Å². The molecule has 2 N–H and O–H groups in total. The number of carbonyl (C=O) groups excluding carboxylic acids is 2.